The minimum absolute atomic E-state index is 0.619. The summed E-state index contributed by atoms with van der Waals surface area (Å²) >= 11 is 7.42. The van der Waals surface area contributed by atoms with E-state index in [0.717, 1.165) is 12.1 Å². The second-order valence-electron chi connectivity index (χ2n) is 2.59. The summed E-state index contributed by atoms with van der Waals surface area (Å²) in [5.74, 6) is 0.619. The minimum atomic E-state index is 0.619. The fraction of sp³-hybridized carbons (Fsp3) is 0.444. The molecule has 0 aromatic carbocycles. The number of hydrogen-bond acceptors (Lipinski definition) is 2. The second-order valence-corrected chi connectivity index (χ2v) is 3.75. The third-order valence-corrected chi connectivity index (χ3v) is 2.96. The maximum absolute atomic E-state index is 5.75. The molecular weight excluding hydrogens is 190 g/mol. The molecule has 0 aliphatic rings. The van der Waals surface area contributed by atoms with Crippen LogP contribution in [-0.4, -0.2) is 10.9 Å². The zero-order chi connectivity index (χ0) is 8.97. The lowest BCUT2D eigenvalue weighted by molar-refractivity contribution is 1.12. The van der Waals surface area contributed by atoms with Crippen molar-refractivity contribution >= 4 is 29.0 Å². The fourth-order valence-corrected chi connectivity index (χ4v) is 1.92. The van der Waals surface area contributed by atoms with Crippen LogP contribution in [0, 0.1) is 6.92 Å². The highest BCUT2D eigenvalue weighted by molar-refractivity contribution is 7.10. The molecule has 1 rings (SSSR count). The summed E-state index contributed by atoms with van der Waals surface area (Å²) in [6.45, 7) is 4.13. The molecule has 66 valence electrons. The number of halogens is 1. The zero-order valence-electron chi connectivity index (χ0n) is 7.30. The van der Waals surface area contributed by atoms with E-state index in [0.29, 0.717) is 5.88 Å². The molecule has 0 saturated carbocycles. The summed E-state index contributed by atoms with van der Waals surface area (Å²) in [5, 5.41) is 0. The third-order valence-electron chi connectivity index (χ3n) is 1.74. The van der Waals surface area contributed by atoms with Crippen LogP contribution in [0.25, 0.3) is 6.08 Å². The Balaban J connectivity index is 2.85. The van der Waals surface area contributed by atoms with Gasteiger partial charge < -0.3 is 0 Å². The van der Waals surface area contributed by atoms with Gasteiger partial charge in [0.2, 0.25) is 0 Å². The molecule has 0 saturated heterocycles. The quantitative estimate of drug-likeness (QED) is 0.683. The van der Waals surface area contributed by atoms with Crippen molar-refractivity contribution in [3.8, 4) is 0 Å². The average molecular weight is 202 g/mol. The summed E-state index contributed by atoms with van der Waals surface area (Å²) < 4.78 is 0. The maximum atomic E-state index is 5.75. The van der Waals surface area contributed by atoms with Gasteiger partial charge in [0.25, 0.3) is 0 Å². The van der Waals surface area contributed by atoms with Crippen LogP contribution in [0.15, 0.2) is 11.1 Å². The molecule has 0 fully saturated rings. The summed E-state index contributed by atoms with van der Waals surface area (Å²) in [7, 11) is 0. The SMILES string of the molecule is CC/C(=C\c1scnc1C)CCl. The fourth-order valence-electron chi connectivity index (χ4n) is 0.870. The van der Waals surface area contributed by atoms with E-state index in [1.54, 1.807) is 11.3 Å². The number of aryl methyl sites for hydroxylation is 1. The molecule has 1 aromatic rings. The highest BCUT2D eigenvalue weighted by Gasteiger charge is 1.98. The van der Waals surface area contributed by atoms with Crippen LogP contribution in [0.5, 0.6) is 0 Å². The molecule has 1 aromatic heterocycles. The molecule has 0 N–H and O–H groups in total. The van der Waals surface area contributed by atoms with Crippen molar-refractivity contribution in [2.24, 2.45) is 0 Å². The first kappa shape index (κ1) is 9.75. The van der Waals surface area contributed by atoms with E-state index in [-0.39, 0.29) is 0 Å². The van der Waals surface area contributed by atoms with Gasteiger partial charge in [0.05, 0.1) is 11.2 Å². The highest BCUT2D eigenvalue weighted by atomic mass is 35.5. The topological polar surface area (TPSA) is 12.9 Å². The number of allylic oxidation sites excluding steroid dienone is 1. The van der Waals surface area contributed by atoms with Gasteiger partial charge in [-0.2, -0.15) is 0 Å². The van der Waals surface area contributed by atoms with E-state index in [1.165, 1.54) is 10.5 Å². The van der Waals surface area contributed by atoms with E-state index in [2.05, 4.69) is 18.0 Å². The predicted octanol–water partition coefficient (Wildman–Crippen LogP) is 3.48. The van der Waals surface area contributed by atoms with Gasteiger partial charge >= 0.3 is 0 Å². The van der Waals surface area contributed by atoms with E-state index in [4.69, 9.17) is 11.6 Å². The van der Waals surface area contributed by atoms with Crippen LogP contribution in [-0.2, 0) is 0 Å². The van der Waals surface area contributed by atoms with Crippen LogP contribution >= 0.6 is 22.9 Å². The van der Waals surface area contributed by atoms with Gasteiger partial charge in [-0.3, -0.25) is 0 Å². The van der Waals surface area contributed by atoms with Crippen molar-refractivity contribution in [1.82, 2.24) is 4.98 Å². The Morgan fingerprint density at radius 1 is 1.75 bits per heavy atom. The van der Waals surface area contributed by atoms with Crippen molar-refractivity contribution in [2.75, 3.05) is 5.88 Å². The zero-order valence-corrected chi connectivity index (χ0v) is 8.87. The Labute approximate surface area is 82.1 Å². The number of thiazole rings is 1. The van der Waals surface area contributed by atoms with Crippen LogP contribution < -0.4 is 0 Å². The number of rotatable bonds is 3. The van der Waals surface area contributed by atoms with E-state index in [9.17, 15) is 0 Å². The van der Waals surface area contributed by atoms with Crippen LogP contribution in [0.1, 0.15) is 23.9 Å². The summed E-state index contributed by atoms with van der Waals surface area (Å²) in [6.07, 6.45) is 3.15. The van der Waals surface area contributed by atoms with Gasteiger partial charge in [-0.25, -0.2) is 4.98 Å². The number of nitrogens with zero attached hydrogens (tertiary/aromatic N) is 1. The van der Waals surface area contributed by atoms with Gasteiger partial charge in [-0.05, 0) is 19.4 Å². The largest absolute Gasteiger partial charge is 0.249 e. The molecule has 0 unspecified atom stereocenters. The van der Waals surface area contributed by atoms with Gasteiger partial charge in [0.1, 0.15) is 0 Å². The van der Waals surface area contributed by atoms with Crippen molar-refractivity contribution in [2.45, 2.75) is 20.3 Å². The lowest BCUT2D eigenvalue weighted by Gasteiger charge is -1.96. The Morgan fingerprint density at radius 3 is 2.92 bits per heavy atom. The second kappa shape index (κ2) is 4.63. The smallest absolute Gasteiger partial charge is 0.0801 e. The predicted molar refractivity (Wildman–Crippen MR) is 55.8 cm³/mol. The molecule has 3 heteroatoms. The van der Waals surface area contributed by atoms with Gasteiger partial charge in [-0.15, -0.1) is 22.9 Å². The Hall–Kier alpha value is -0.340. The van der Waals surface area contributed by atoms with Crippen LogP contribution in [0.4, 0.5) is 0 Å². The lowest BCUT2D eigenvalue weighted by atomic mass is 10.2. The first-order valence-electron chi connectivity index (χ1n) is 3.93. The molecule has 0 spiro atoms. The lowest BCUT2D eigenvalue weighted by Crippen LogP contribution is -1.82. The molecule has 1 nitrogen and oxygen atoms in total. The highest BCUT2D eigenvalue weighted by Crippen LogP contribution is 2.18. The summed E-state index contributed by atoms with van der Waals surface area (Å²) in [6, 6.07) is 0. The van der Waals surface area contributed by atoms with Crippen molar-refractivity contribution in [3.05, 3.63) is 21.7 Å². The van der Waals surface area contributed by atoms with Crippen molar-refractivity contribution < 1.29 is 0 Å². The first-order valence-corrected chi connectivity index (χ1v) is 5.34. The van der Waals surface area contributed by atoms with E-state index < -0.39 is 0 Å². The molecule has 12 heavy (non-hydrogen) atoms. The van der Waals surface area contributed by atoms with Gasteiger partial charge in [0.15, 0.2) is 0 Å². The molecule has 0 atom stereocenters. The molecule has 0 aliphatic carbocycles. The molecule has 0 aliphatic heterocycles. The van der Waals surface area contributed by atoms with Gasteiger partial charge in [-0.1, -0.05) is 12.5 Å². The first-order chi connectivity index (χ1) is 5.77. The molecule has 0 amide bonds. The molecule has 0 bridgehead atoms. The Bertz CT molecular complexity index is 272. The normalized spacial score (nSPS) is 12.1. The van der Waals surface area contributed by atoms with Crippen molar-refractivity contribution in [1.29, 1.82) is 0 Å². The number of alkyl halides is 1. The van der Waals surface area contributed by atoms with Crippen LogP contribution in [0.2, 0.25) is 0 Å². The standard InChI is InChI=1S/C9H12ClNS/c1-3-8(5-10)4-9-7(2)11-6-12-9/h4,6H,3,5H2,1-2H3/b8-4+. The Morgan fingerprint density at radius 2 is 2.50 bits per heavy atom. The molecular formula is C9H12ClNS. The number of hydrogen-bond donors (Lipinski definition) is 0. The van der Waals surface area contributed by atoms with Gasteiger partial charge in [0, 0.05) is 10.8 Å². The minimum Gasteiger partial charge on any atom is -0.249 e. The van der Waals surface area contributed by atoms with Crippen LogP contribution in [0.3, 0.4) is 0 Å². The molecule has 0 radical (unpaired) electrons. The maximum Gasteiger partial charge on any atom is 0.0801 e. The van der Waals surface area contributed by atoms with E-state index in [1.807, 2.05) is 12.4 Å². The number of aromatic nitrogens is 1. The third kappa shape index (κ3) is 2.32. The average Bonchev–Trinajstić information content (AvgIpc) is 2.47. The monoisotopic (exact) mass is 201 g/mol. The van der Waals surface area contributed by atoms with E-state index >= 15 is 0 Å². The Kier molecular flexibility index (Phi) is 3.76. The molecule has 1 heterocycles. The van der Waals surface area contributed by atoms with Crippen molar-refractivity contribution in [3.63, 3.8) is 0 Å². The summed E-state index contributed by atoms with van der Waals surface area (Å²) in [5.41, 5.74) is 4.22. The summed E-state index contributed by atoms with van der Waals surface area (Å²) in [4.78, 5) is 5.40.